The molecule has 15 heavy (non-hydrogen) atoms. The number of nitriles is 1. The Hall–Kier alpha value is -1.08. The minimum absolute atomic E-state index is 0.0310. The summed E-state index contributed by atoms with van der Waals surface area (Å²) >= 11 is 0. The van der Waals surface area contributed by atoms with E-state index in [1.165, 1.54) is 0 Å². The Kier molecular flexibility index (Phi) is 1.44. The molecular formula is C11H13NO3. The van der Waals surface area contributed by atoms with Crippen LogP contribution in [-0.2, 0) is 14.3 Å². The fourth-order valence-electron chi connectivity index (χ4n) is 3.29. The quantitative estimate of drug-likeness (QED) is 0.602. The largest absolute Gasteiger partial charge is 0.455 e. The highest BCUT2D eigenvalue weighted by Gasteiger charge is 2.76. The van der Waals surface area contributed by atoms with Gasteiger partial charge in [0.15, 0.2) is 5.41 Å². The first-order valence-electron chi connectivity index (χ1n) is 5.35. The Bertz CT molecular complexity index is 386. The van der Waals surface area contributed by atoms with E-state index in [1.807, 2.05) is 13.8 Å². The van der Waals surface area contributed by atoms with Crippen LogP contribution in [0, 0.1) is 22.7 Å². The van der Waals surface area contributed by atoms with Gasteiger partial charge < -0.3 is 9.47 Å². The van der Waals surface area contributed by atoms with E-state index in [1.54, 1.807) is 0 Å². The Labute approximate surface area is 88.2 Å². The van der Waals surface area contributed by atoms with Crippen molar-refractivity contribution in [3.63, 3.8) is 0 Å². The van der Waals surface area contributed by atoms with Crippen molar-refractivity contribution in [3.8, 4) is 6.07 Å². The monoisotopic (exact) mass is 207 g/mol. The van der Waals surface area contributed by atoms with Crippen molar-refractivity contribution in [2.45, 2.75) is 44.5 Å². The molecule has 3 heterocycles. The Morgan fingerprint density at radius 1 is 1.53 bits per heavy atom. The molecule has 4 unspecified atom stereocenters. The second-order valence-corrected chi connectivity index (χ2v) is 5.13. The summed E-state index contributed by atoms with van der Waals surface area (Å²) in [5.41, 5.74) is -1.54. The number of carbonyl (C=O) groups excluding carboxylic acids is 1. The first-order valence-corrected chi connectivity index (χ1v) is 5.35. The van der Waals surface area contributed by atoms with Crippen LogP contribution < -0.4 is 0 Å². The molecule has 4 heteroatoms. The van der Waals surface area contributed by atoms with E-state index in [0.717, 1.165) is 6.42 Å². The molecule has 80 valence electrons. The number of nitrogens with zero attached hydrogens (tertiary/aromatic N) is 1. The number of carbonyl (C=O) groups is 1. The molecule has 0 aromatic rings. The number of fused-ring (bicyclic) bond motifs is 1. The van der Waals surface area contributed by atoms with E-state index >= 15 is 0 Å². The highest BCUT2D eigenvalue weighted by Crippen LogP contribution is 2.61. The van der Waals surface area contributed by atoms with Gasteiger partial charge in [-0.3, -0.25) is 4.79 Å². The van der Waals surface area contributed by atoms with E-state index in [-0.39, 0.29) is 24.1 Å². The third kappa shape index (κ3) is 0.764. The number of esters is 1. The molecule has 0 aliphatic carbocycles. The number of hydrogen-bond donors (Lipinski definition) is 0. The van der Waals surface area contributed by atoms with Crippen molar-refractivity contribution < 1.29 is 14.3 Å². The van der Waals surface area contributed by atoms with E-state index in [9.17, 15) is 10.1 Å². The fraction of sp³-hybridized carbons (Fsp3) is 0.818. The standard InChI is InChI=1S/C11H13NO3/c1-6(2)11-4-7-3-10(5-12,8(11)14-7)9(13)15-11/h6-8H,3-4H2,1-2H3. The van der Waals surface area contributed by atoms with Gasteiger partial charge in [0.25, 0.3) is 0 Å². The summed E-state index contributed by atoms with van der Waals surface area (Å²) in [5.74, 6) is -0.171. The second kappa shape index (κ2) is 2.35. The fourth-order valence-corrected chi connectivity index (χ4v) is 3.29. The highest BCUT2D eigenvalue weighted by molar-refractivity contribution is 5.85. The van der Waals surface area contributed by atoms with Crippen LogP contribution in [0.25, 0.3) is 0 Å². The molecule has 0 aromatic heterocycles. The smallest absolute Gasteiger partial charge is 0.330 e. The van der Waals surface area contributed by atoms with Gasteiger partial charge in [0.05, 0.1) is 12.2 Å². The molecule has 3 fully saturated rings. The van der Waals surface area contributed by atoms with Crippen LogP contribution in [0.2, 0.25) is 0 Å². The summed E-state index contributed by atoms with van der Waals surface area (Å²) in [6.07, 6.45) is 0.961. The van der Waals surface area contributed by atoms with Gasteiger partial charge in [0, 0.05) is 12.8 Å². The molecule has 4 nitrogen and oxygen atoms in total. The van der Waals surface area contributed by atoms with E-state index in [4.69, 9.17) is 9.47 Å². The van der Waals surface area contributed by atoms with Crippen molar-refractivity contribution >= 4 is 5.97 Å². The lowest BCUT2D eigenvalue weighted by Crippen LogP contribution is -2.47. The maximum absolute atomic E-state index is 11.8. The van der Waals surface area contributed by atoms with Gasteiger partial charge in [0.2, 0.25) is 0 Å². The normalized spacial score (nSPS) is 50.9. The predicted octanol–water partition coefficient (Wildman–Crippen LogP) is 1.01. The van der Waals surface area contributed by atoms with Crippen molar-refractivity contribution in [2.75, 3.05) is 0 Å². The number of ether oxygens (including phenoxy) is 2. The van der Waals surface area contributed by atoms with Crippen molar-refractivity contribution in [1.82, 2.24) is 0 Å². The zero-order valence-corrected chi connectivity index (χ0v) is 8.82. The summed E-state index contributed by atoms with van der Waals surface area (Å²) in [6.45, 7) is 4.04. The van der Waals surface area contributed by atoms with Crippen LogP contribution in [0.15, 0.2) is 0 Å². The van der Waals surface area contributed by atoms with Crippen LogP contribution in [0.3, 0.4) is 0 Å². The maximum atomic E-state index is 11.8. The van der Waals surface area contributed by atoms with Crippen molar-refractivity contribution in [3.05, 3.63) is 0 Å². The highest BCUT2D eigenvalue weighted by atomic mass is 16.6. The van der Waals surface area contributed by atoms with Gasteiger partial charge in [-0.05, 0) is 5.92 Å². The molecule has 0 radical (unpaired) electrons. The molecule has 3 rings (SSSR count). The van der Waals surface area contributed by atoms with Gasteiger partial charge in [-0.2, -0.15) is 5.26 Å². The zero-order valence-electron chi connectivity index (χ0n) is 8.82. The van der Waals surface area contributed by atoms with Crippen LogP contribution in [0.5, 0.6) is 0 Å². The third-order valence-electron chi connectivity index (χ3n) is 4.14. The average Bonchev–Trinajstić information content (AvgIpc) is 2.74. The van der Waals surface area contributed by atoms with Gasteiger partial charge in [-0.25, -0.2) is 0 Å². The average molecular weight is 207 g/mol. The summed E-state index contributed by atoms with van der Waals surface area (Å²) in [7, 11) is 0. The molecule has 3 aliphatic rings. The molecular weight excluding hydrogens is 194 g/mol. The summed E-state index contributed by atoms with van der Waals surface area (Å²) in [5, 5.41) is 9.20. The molecule has 0 N–H and O–H groups in total. The van der Waals surface area contributed by atoms with Crippen molar-refractivity contribution in [1.29, 1.82) is 5.26 Å². The third-order valence-corrected chi connectivity index (χ3v) is 4.14. The van der Waals surface area contributed by atoms with Crippen molar-refractivity contribution in [2.24, 2.45) is 11.3 Å². The Morgan fingerprint density at radius 2 is 2.27 bits per heavy atom. The molecule has 0 amide bonds. The van der Waals surface area contributed by atoms with Gasteiger partial charge >= 0.3 is 5.97 Å². The van der Waals surface area contributed by atoms with Gasteiger partial charge in [0.1, 0.15) is 11.7 Å². The maximum Gasteiger partial charge on any atom is 0.330 e. The number of rotatable bonds is 1. The topological polar surface area (TPSA) is 59.3 Å². The minimum atomic E-state index is -1.01. The predicted molar refractivity (Wildman–Crippen MR) is 49.6 cm³/mol. The SMILES string of the molecule is CC(C)C12CC3CC(C#N)(C(=O)O1)C2O3. The number of hydrogen-bond acceptors (Lipinski definition) is 4. The molecule has 4 atom stereocenters. The lowest BCUT2D eigenvalue weighted by atomic mass is 9.67. The zero-order chi connectivity index (χ0) is 10.8. The molecule has 0 spiro atoms. The summed E-state index contributed by atoms with van der Waals surface area (Å²) < 4.78 is 11.2. The van der Waals surface area contributed by atoms with Gasteiger partial charge in [-0.15, -0.1) is 0 Å². The lowest BCUT2D eigenvalue weighted by Gasteiger charge is -2.33. The second-order valence-electron chi connectivity index (χ2n) is 5.13. The molecule has 2 bridgehead atoms. The van der Waals surface area contributed by atoms with E-state index in [0.29, 0.717) is 6.42 Å². The summed E-state index contributed by atoms with van der Waals surface area (Å²) in [6, 6.07) is 2.13. The van der Waals surface area contributed by atoms with Crippen LogP contribution in [0.1, 0.15) is 26.7 Å². The molecule has 3 aliphatic heterocycles. The summed E-state index contributed by atoms with van der Waals surface area (Å²) in [4.78, 5) is 11.8. The van der Waals surface area contributed by atoms with E-state index < -0.39 is 11.0 Å². The Balaban J connectivity index is 2.14. The molecule has 0 saturated carbocycles. The molecule has 0 aromatic carbocycles. The minimum Gasteiger partial charge on any atom is -0.455 e. The van der Waals surface area contributed by atoms with Crippen LogP contribution >= 0.6 is 0 Å². The lowest BCUT2D eigenvalue weighted by molar-refractivity contribution is -0.154. The molecule has 3 saturated heterocycles. The first kappa shape index (κ1) is 9.17. The Morgan fingerprint density at radius 3 is 2.80 bits per heavy atom. The van der Waals surface area contributed by atoms with Crippen LogP contribution in [0.4, 0.5) is 0 Å². The first-order chi connectivity index (χ1) is 7.05. The van der Waals surface area contributed by atoms with Gasteiger partial charge in [-0.1, -0.05) is 13.8 Å². The van der Waals surface area contributed by atoms with E-state index in [2.05, 4.69) is 6.07 Å². The van der Waals surface area contributed by atoms with Crippen LogP contribution in [-0.4, -0.2) is 23.8 Å².